The summed E-state index contributed by atoms with van der Waals surface area (Å²) in [5, 5.41) is 0. The SMILES string of the molecule is Cc1ccc(N2C(=O)N(c3ccccc3C)[C@H]3CS(=O)(=O)C[C@@H]32)cc1C. The summed E-state index contributed by atoms with van der Waals surface area (Å²) in [6, 6.07) is 12.6. The molecule has 0 aromatic heterocycles. The molecule has 2 atom stereocenters. The van der Waals surface area contributed by atoms with E-state index >= 15 is 0 Å². The normalized spacial score (nSPS) is 24.2. The Morgan fingerprint density at radius 3 is 2.15 bits per heavy atom. The van der Waals surface area contributed by atoms with Gasteiger partial charge in [-0.1, -0.05) is 24.3 Å². The first-order valence-corrected chi connectivity index (χ1v) is 10.6. The van der Waals surface area contributed by atoms with Crippen LogP contribution in [0.4, 0.5) is 16.2 Å². The van der Waals surface area contributed by atoms with Crippen LogP contribution in [0.25, 0.3) is 0 Å². The van der Waals surface area contributed by atoms with E-state index in [2.05, 4.69) is 0 Å². The number of nitrogens with zero attached hydrogens (tertiary/aromatic N) is 2. The average Bonchev–Trinajstić information content (AvgIpc) is 3.00. The highest BCUT2D eigenvalue weighted by Gasteiger charge is 2.54. The van der Waals surface area contributed by atoms with Gasteiger partial charge in [0.1, 0.15) is 0 Å². The van der Waals surface area contributed by atoms with Crippen molar-refractivity contribution in [1.29, 1.82) is 0 Å². The van der Waals surface area contributed by atoms with Gasteiger partial charge < -0.3 is 0 Å². The van der Waals surface area contributed by atoms with Crippen LogP contribution >= 0.6 is 0 Å². The van der Waals surface area contributed by atoms with Crippen LogP contribution in [-0.4, -0.2) is 38.0 Å². The number of fused-ring (bicyclic) bond motifs is 1. The minimum Gasteiger partial charge on any atom is -0.288 e. The van der Waals surface area contributed by atoms with Gasteiger partial charge >= 0.3 is 6.03 Å². The third-order valence-corrected chi connectivity index (χ3v) is 7.21. The Balaban J connectivity index is 1.84. The first-order chi connectivity index (χ1) is 12.3. The van der Waals surface area contributed by atoms with Gasteiger partial charge in [0.15, 0.2) is 9.84 Å². The molecule has 136 valence electrons. The molecule has 0 radical (unpaired) electrons. The molecule has 2 amide bonds. The smallest absolute Gasteiger partial charge is 0.288 e. The van der Waals surface area contributed by atoms with Crippen molar-refractivity contribution < 1.29 is 13.2 Å². The number of amides is 2. The highest BCUT2D eigenvalue weighted by Crippen LogP contribution is 2.39. The van der Waals surface area contributed by atoms with Crippen molar-refractivity contribution in [1.82, 2.24) is 0 Å². The van der Waals surface area contributed by atoms with Gasteiger partial charge in [-0.3, -0.25) is 9.80 Å². The third-order valence-electron chi connectivity index (χ3n) is 5.51. The number of carbonyl (C=O) groups is 1. The molecule has 0 aliphatic carbocycles. The maximum absolute atomic E-state index is 13.3. The Labute approximate surface area is 154 Å². The van der Waals surface area contributed by atoms with E-state index in [0.29, 0.717) is 0 Å². The van der Waals surface area contributed by atoms with E-state index in [9.17, 15) is 13.2 Å². The average molecular weight is 370 g/mol. The monoisotopic (exact) mass is 370 g/mol. The Morgan fingerprint density at radius 1 is 0.846 bits per heavy atom. The molecule has 0 N–H and O–H groups in total. The van der Waals surface area contributed by atoms with Gasteiger partial charge in [0.25, 0.3) is 0 Å². The topological polar surface area (TPSA) is 57.7 Å². The molecule has 2 heterocycles. The van der Waals surface area contributed by atoms with Crippen molar-refractivity contribution >= 4 is 27.2 Å². The van der Waals surface area contributed by atoms with Crippen LogP contribution in [0.15, 0.2) is 42.5 Å². The lowest BCUT2D eigenvalue weighted by Gasteiger charge is -2.24. The van der Waals surface area contributed by atoms with Crippen LogP contribution < -0.4 is 9.80 Å². The number of sulfone groups is 1. The molecule has 2 aromatic rings. The molecule has 2 aliphatic rings. The van der Waals surface area contributed by atoms with Gasteiger partial charge in [0, 0.05) is 11.4 Å². The molecule has 0 bridgehead atoms. The van der Waals surface area contributed by atoms with Crippen LogP contribution in [-0.2, 0) is 9.84 Å². The molecule has 2 fully saturated rings. The van der Waals surface area contributed by atoms with Gasteiger partial charge in [0.05, 0.1) is 23.6 Å². The highest BCUT2D eigenvalue weighted by atomic mass is 32.2. The van der Waals surface area contributed by atoms with Gasteiger partial charge in [-0.15, -0.1) is 0 Å². The number of benzene rings is 2. The standard InChI is InChI=1S/C20H22N2O3S/c1-13-8-9-16(10-15(13)3)21-18-11-26(24,25)12-19(18)22(20(21)23)17-7-5-4-6-14(17)2/h4-10,18-19H,11-12H2,1-3H3/t18-,19-/m0/s1. The molecule has 2 saturated heterocycles. The number of rotatable bonds is 2. The fourth-order valence-electron chi connectivity index (χ4n) is 4.00. The zero-order valence-electron chi connectivity index (χ0n) is 15.1. The van der Waals surface area contributed by atoms with E-state index in [-0.39, 0.29) is 29.6 Å². The maximum atomic E-state index is 13.3. The number of aryl methyl sites for hydroxylation is 3. The van der Waals surface area contributed by atoms with Gasteiger partial charge in [-0.25, -0.2) is 13.2 Å². The van der Waals surface area contributed by atoms with E-state index in [1.54, 1.807) is 9.80 Å². The van der Waals surface area contributed by atoms with Crippen LogP contribution in [0.3, 0.4) is 0 Å². The number of hydrogen-bond acceptors (Lipinski definition) is 3. The highest BCUT2D eigenvalue weighted by molar-refractivity contribution is 7.91. The first kappa shape index (κ1) is 17.1. The van der Waals surface area contributed by atoms with Gasteiger partial charge in [0.2, 0.25) is 0 Å². The minimum absolute atomic E-state index is 0.0126. The predicted molar refractivity (Wildman–Crippen MR) is 104 cm³/mol. The molecule has 0 unspecified atom stereocenters. The molecule has 4 rings (SSSR count). The van der Waals surface area contributed by atoms with Crippen molar-refractivity contribution in [2.24, 2.45) is 0 Å². The quantitative estimate of drug-likeness (QED) is 0.763. The number of hydrogen-bond donors (Lipinski definition) is 0. The first-order valence-electron chi connectivity index (χ1n) is 8.74. The van der Waals surface area contributed by atoms with Crippen LogP contribution in [0, 0.1) is 20.8 Å². The van der Waals surface area contributed by atoms with Gasteiger partial charge in [-0.2, -0.15) is 0 Å². The van der Waals surface area contributed by atoms with Crippen molar-refractivity contribution in [3.8, 4) is 0 Å². The van der Waals surface area contributed by atoms with Crippen LogP contribution in [0.2, 0.25) is 0 Å². The van der Waals surface area contributed by atoms with Crippen molar-refractivity contribution in [3.63, 3.8) is 0 Å². The molecule has 5 nitrogen and oxygen atoms in total. The van der Waals surface area contributed by atoms with Crippen LogP contribution in [0.5, 0.6) is 0 Å². The fraction of sp³-hybridized carbons (Fsp3) is 0.350. The second-order valence-corrected chi connectivity index (χ2v) is 9.44. The molecule has 0 spiro atoms. The zero-order chi connectivity index (χ0) is 18.6. The van der Waals surface area contributed by atoms with Crippen molar-refractivity contribution in [2.45, 2.75) is 32.9 Å². The summed E-state index contributed by atoms with van der Waals surface area (Å²) in [4.78, 5) is 16.7. The Morgan fingerprint density at radius 2 is 1.50 bits per heavy atom. The Kier molecular flexibility index (Phi) is 3.84. The summed E-state index contributed by atoms with van der Waals surface area (Å²) in [5.41, 5.74) is 4.75. The summed E-state index contributed by atoms with van der Waals surface area (Å²) in [7, 11) is -3.18. The lowest BCUT2D eigenvalue weighted by atomic mass is 10.1. The van der Waals surface area contributed by atoms with Crippen molar-refractivity contribution in [2.75, 3.05) is 21.3 Å². The van der Waals surface area contributed by atoms with Gasteiger partial charge in [-0.05, 0) is 55.7 Å². The summed E-state index contributed by atoms with van der Waals surface area (Å²) in [5.74, 6) is 0.0256. The zero-order valence-corrected chi connectivity index (χ0v) is 16.0. The minimum atomic E-state index is -3.18. The Hall–Kier alpha value is -2.34. The molecule has 2 aromatic carbocycles. The number of urea groups is 1. The van der Waals surface area contributed by atoms with E-state index in [1.807, 2.05) is 63.2 Å². The second kappa shape index (κ2) is 5.84. The molecule has 26 heavy (non-hydrogen) atoms. The molecular weight excluding hydrogens is 348 g/mol. The second-order valence-electron chi connectivity index (χ2n) is 7.29. The lowest BCUT2D eigenvalue weighted by molar-refractivity contribution is 0.255. The van der Waals surface area contributed by atoms with Crippen LogP contribution in [0.1, 0.15) is 16.7 Å². The van der Waals surface area contributed by atoms with E-state index in [4.69, 9.17) is 0 Å². The summed E-state index contributed by atoms with van der Waals surface area (Å²) >= 11 is 0. The summed E-state index contributed by atoms with van der Waals surface area (Å²) in [6.45, 7) is 5.97. The molecule has 6 heteroatoms. The number of para-hydroxylation sites is 1. The molecular formula is C20H22N2O3S. The van der Waals surface area contributed by atoms with E-state index in [1.165, 1.54) is 0 Å². The molecule has 0 saturated carbocycles. The van der Waals surface area contributed by atoms with E-state index in [0.717, 1.165) is 28.1 Å². The number of anilines is 2. The predicted octanol–water partition coefficient (Wildman–Crippen LogP) is 3.22. The van der Waals surface area contributed by atoms with Crippen molar-refractivity contribution in [3.05, 3.63) is 59.2 Å². The third kappa shape index (κ3) is 2.60. The number of carbonyl (C=O) groups excluding carboxylic acids is 1. The maximum Gasteiger partial charge on any atom is 0.329 e. The lowest BCUT2D eigenvalue weighted by Crippen LogP contribution is -2.38. The molecule has 2 aliphatic heterocycles. The van der Waals surface area contributed by atoms with E-state index < -0.39 is 9.84 Å². The summed E-state index contributed by atoms with van der Waals surface area (Å²) < 4.78 is 24.7. The Bertz CT molecular complexity index is 1000. The largest absolute Gasteiger partial charge is 0.329 e. The summed E-state index contributed by atoms with van der Waals surface area (Å²) in [6.07, 6.45) is 0. The fourth-order valence-corrected chi connectivity index (χ4v) is 5.92.